The molecule has 2 rings (SSSR count). The van der Waals surface area contributed by atoms with Crippen LogP contribution in [0.1, 0.15) is 12.5 Å². The minimum atomic E-state index is -0.835. The van der Waals surface area contributed by atoms with Gasteiger partial charge in [0, 0.05) is 12.7 Å². The van der Waals surface area contributed by atoms with Gasteiger partial charge in [0.1, 0.15) is 29.2 Å². The van der Waals surface area contributed by atoms with E-state index < -0.39 is 23.2 Å². The van der Waals surface area contributed by atoms with Crippen LogP contribution >= 0.6 is 0 Å². The van der Waals surface area contributed by atoms with E-state index in [1.165, 1.54) is 12.3 Å². The molecule has 0 aliphatic rings. The highest BCUT2D eigenvalue weighted by atomic mass is 19.1. The number of likely N-dealkylation sites (N-methyl/N-ethyl adjacent to an activating group) is 1. The van der Waals surface area contributed by atoms with E-state index in [-0.39, 0.29) is 6.54 Å². The first kappa shape index (κ1) is 16.4. The van der Waals surface area contributed by atoms with E-state index in [1.54, 1.807) is 17.0 Å². The van der Waals surface area contributed by atoms with Crippen molar-refractivity contribution >= 4 is 17.4 Å². The lowest BCUT2D eigenvalue weighted by Crippen LogP contribution is -2.34. The van der Waals surface area contributed by atoms with Crippen LogP contribution in [0.4, 0.5) is 20.3 Å². The Hall–Kier alpha value is -3.01. The van der Waals surface area contributed by atoms with Crippen molar-refractivity contribution in [2.24, 2.45) is 0 Å². The molecule has 0 aliphatic carbocycles. The van der Waals surface area contributed by atoms with Gasteiger partial charge in [-0.3, -0.25) is 4.79 Å². The second-order valence-corrected chi connectivity index (χ2v) is 4.68. The molecule has 1 amide bonds. The molecule has 0 aliphatic heterocycles. The van der Waals surface area contributed by atoms with Crippen molar-refractivity contribution in [3.05, 3.63) is 53.7 Å². The lowest BCUT2D eigenvalue weighted by molar-refractivity contribution is -0.115. The number of para-hydroxylation sites is 1. The molecule has 0 saturated heterocycles. The third-order valence-corrected chi connectivity index (χ3v) is 3.14. The van der Waals surface area contributed by atoms with Crippen molar-refractivity contribution in [1.29, 1.82) is 5.26 Å². The fourth-order valence-electron chi connectivity index (χ4n) is 1.96. The topological polar surface area (TPSA) is 69.0 Å². The Bertz CT molecular complexity index is 720. The molecule has 0 unspecified atom stereocenters. The molecule has 23 heavy (non-hydrogen) atoms. The highest BCUT2D eigenvalue weighted by Crippen LogP contribution is 2.18. The van der Waals surface area contributed by atoms with Crippen LogP contribution in [-0.4, -0.2) is 24.0 Å². The molecule has 118 valence electrons. The summed E-state index contributed by atoms with van der Waals surface area (Å²) in [6.07, 6.45) is 1.40. The molecule has 1 N–H and O–H groups in total. The molecule has 0 bridgehead atoms. The van der Waals surface area contributed by atoms with Gasteiger partial charge in [-0.2, -0.15) is 5.26 Å². The van der Waals surface area contributed by atoms with Gasteiger partial charge in [0.15, 0.2) is 0 Å². The molecule has 1 heterocycles. The number of hydrogen-bond donors (Lipinski definition) is 1. The zero-order valence-corrected chi connectivity index (χ0v) is 12.4. The lowest BCUT2D eigenvalue weighted by Gasteiger charge is -2.21. The fraction of sp³-hybridized carbons (Fsp3) is 0.188. The first-order chi connectivity index (χ1) is 11.0. The van der Waals surface area contributed by atoms with Gasteiger partial charge in [0.05, 0.1) is 12.1 Å². The number of nitrogens with one attached hydrogen (secondary N) is 1. The number of amides is 1. The molecule has 0 atom stereocenters. The van der Waals surface area contributed by atoms with Crippen LogP contribution < -0.4 is 10.2 Å². The predicted octanol–water partition coefficient (Wildman–Crippen LogP) is 2.70. The van der Waals surface area contributed by atoms with Gasteiger partial charge < -0.3 is 10.2 Å². The highest BCUT2D eigenvalue weighted by molar-refractivity contribution is 5.94. The summed E-state index contributed by atoms with van der Waals surface area (Å²) in [5.41, 5.74) is -0.0657. The Morgan fingerprint density at radius 2 is 2.00 bits per heavy atom. The lowest BCUT2D eigenvalue weighted by atomic mass is 10.3. The summed E-state index contributed by atoms with van der Waals surface area (Å²) in [7, 11) is 0. The van der Waals surface area contributed by atoms with Gasteiger partial charge in [-0.25, -0.2) is 13.8 Å². The van der Waals surface area contributed by atoms with E-state index in [0.29, 0.717) is 17.9 Å². The highest BCUT2D eigenvalue weighted by Gasteiger charge is 2.15. The number of aromatic nitrogens is 1. The quantitative estimate of drug-likeness (QED) is 0.921. The van der Waals surface area contributed by atoms with Crippen molar-refractivity contribution in [2.75, 3.05) is 23.3 Å². The van der Waals surface area contributed by atoms with Crippen molar-refractivity contribution in [2.45, 2.75) is 6.92 Å². The van der Waals surface area contributed by atoms with Crippen LogP contribution in [0.2, 0.25) is 0 Å². The van der Waals surface area contributed by atoms with E-state index in [1.807, 2.05) is 13.0 Å². The van der Waals surface area contributed by atoms with E-state index in [2.05, 4.69) is 10.3 Å². The second kappa shape index (κ2) is 7.31. The Morgan fingerprint density at radius 1 is 1.30 bits per heavy atom. The molecule has 0 radical (unpaired) electrons. The number of anilines is 2. The Labute approximate surface area is 132 Å². The second-order valence-electron chi connectivity index (χ2n) is 4.68. The van der Waals surface area contributed by atoms with Crippen LogP contribution in [0.25, 0.3) is 0 Å². The number of rotatable bonds is 5. The number of hydrogen-bond acceptors (Lipinski definition) is 4. The molecule has 1 aromatic carbocycles. The molecular formula is C16H14F2N4O. The van der Waals surface area contributed by atoms with Gasteiger partial charge in [0.25, 0.3) is 0 Å². The van der Waals surface area contributed by atoms with Crippen LogP contribution in [0.5, 0.6) is 0 Å². The van der Waals surface area contributed by atoms with Gasteiger partial charge in [-0.15, -0.1) is 0 Å². The van der Waals surface area contributed by atoms with Crippen molar-refractivity contribution < 1.29 is 13.6 Å². The predicted molar refractivity (Wildman–Crippen MR) is 81.8 cm³/mol. The minimum absolute atomic E-state index is 0.122. The summed E-state index contributed by atoms with van der Waals surface area (Å²) >= 11 is 0. The maximum atomic E-state index is 13.5. The SMILES string of the molecule is CCN(CC(=O)Nc1c(F)cccc1F)c1ccc(C#N)cn1. The average molecular weight is 316 g/mol. The molecule has 1 aromatic heterocycles. The minimum Gasteiger partial charge on any atom is -0.348 e. The maximum absolute atomic E-state index is 13.5. The summed E-state index contributed by atoms with van der Waals surface area (Å²) in [5.74, 6) is -1.74. The molecule has 0 spiro atoms. The third kappa shape index (κ3) is 4.01. The molecular weight excluding hydrogens is 302 g/mol. The summed E-state index contributed by atoms with van der Waals surface area (Å²) < 4.78 is 27.1. The third-order valence-electron chi connectivity index (χ3n) is 3.14. The van der Waals surface area contributed by atoms with Gasteiger partial charge in [-0.1, -0.05) is 6.07 Å². The summed E-state index contributed by atoms with van der Waals surface area (Å²) in [5, 5.41) is 11.0. The van der Waals surface area contributed by atoms with E-state index >= 15 is 0 Å². The average Bonchev–Trinajstić information content (AvgIpc) is 2.56. The number of halogens is 2. The number of nitriles is 1. The smallest absolute Gasteiger partial charge is 0.244 e. The molecule has 0 fully saturated rings. The summed E-state index contributed by atoms with van der Waals surface area (Å²) in [4.78, 5) is 17.7. The van der Waals surface area contributed by atoms with Crippen molar-refractivity contribution in [1.82, 2.24) is 4.98 Å². The fourth-order valence-corrected chi connectivity index (χ4v) is 1.96. The molecule has 0 saturated carbocycles. The Kier molecular flexibility index (Phi) is 5.20. The van der Waals surface area contributed by atoms with Gasteiger partial charge in [0.2, 0.25) is 5.91 Å². The van der Waals surface area contributed by atoms with Gasteiger partial charge >= 0.3 is 0 Å². The molecule has 2 aromatic rings. The van der Waals surface area contributed by atoms with E-state index in [0.717, 1.165) is 12.1 Å². The normalized spacial score (nSPS) is 10.0. The standard InChI is InChI=1S/C16H14F2N4O/c1-2-22(14-7-6-11(8-19)9-20-14)10-15(23)21-16-12(17)4-3-5-13(16)18/h3-7,9H,2,10H2,1H3,(H,21,23). The monoisotopic (exact) mass is 316 g/mol. The number of carbonyl (C=O) groups is 1. The van der Waals surface area contributed by atoms with Crippen molar-refractivity contribution in [3.8, 4) is 6.07 Å². The zero-order chi connectivity index (χ0) is 16.8. The van der Waals surface area contributed by atoms with Crippen molar-refractivity contribution in [3.63, 3.8) is 0 Å². The largest absolute Gasteiger partial charge is 0.348 e. The number of nitrogens with zero attached hydrogens (tertiary/aromatic N) is 3. The zero-order valence-electron chi connectivity index (χ0n) is 12.4. The van der Waals surface area contributed by atoms with Crippen LogP contribution in [0, 0.1) is 23.0 Å². The summed E-state index contributed by atoms with van der Waals surface area (Å²) in [6, 6.07) is 8.50. The van der Waals surface area contributed by atoms with Crippen LogP contribution in [0.15, 0.2) is 36.5 Å². The number of pyridine rings is 1. The Balaban J connectivity index is 2.09. The molecule has 7 heteroatoms. The van der Waals surface area contributed by atoms with E-state index in [4.69, 9.17) is 5.26 Å². The first-order valence-electron chi connectivity index (χ1n) is 6.90. The van der Waals surface area contributed by atoms with Gasteiger partial charge in [-0.05, 0) is 31.2 Å². The molecule has 5 nitrogen and oxygen atoms in total. The van der Waals surface area contributed by atoms with Crippen LogP contribution in [-0.2, 0) is 4.79 Å². The van der Waals surface area contributed by atoms with Crippen LogP contribution in [0.3, 0.4) is 0 Å². The summed E-state index contributed by atoms with van der Waals surface area (Å²) in [6.45, 7) is 2.16. The number of carbonyl (C=O) groups excluding carboxylic acids is 1. The maximum Gasteiger partial charge on any atom is 0.244 e. The number of benzene rings is 1. The van der Waals surface area contributed by atoms with E-state index in [9.17, 15) is 13.6 Å². The Morgan fingerprint density at radius 3 is 2.52 bits per heavy atom. The first-order valence-corrected chi connectivity index (χ1v) is 6.90.